The zero-order chi connectivity index (χ0) is 23.8. The molecule has 0 aliphatic heterocycles. The zero-order valence-electron chi connectivity index (χ0n) is 19.3. The molecule has 0 aliphatic carbocycles. The van der Waals surface area contributed by atoms with Crippen molar-refractivity contribution in [3.63, 3.8) is 0 Å². The molecule has 0 fully saturated rings. The third-order valence-electron chi connectivity index (χ3n) is 4.68. The lowest BCUT2D eigenvalue weighted by Crippen LogP contribution is -2.34. The van der Waals surface area contributed by atoms with Crippen molar-refractivity contribution in [2.24, 2.45) is 5.92 Å². The highest BCUT2D eigenvalue weighted by atomic mass is 35.5. The molecule has 1 aromatic carbocycles. The maximum Gasteiger partial charge on any atom is 0.325 e. The van der Waals surface area contributed by atoms with Gasteiger partial charge in [0.15, 0.2) is 0 Å². The first-order valence-corrected chi connectivity index (χ1v) is 10.5. The normalized spacial score (nSPS) is 11.1. The van der Waals surface area contributed by atoms with Gasteiger partial charge in [0.05, 0.1) is 27.0 Å². The van der Waals surface area contributed by atoms with Crippen LogP contribution in [0.25, 0.3) is 6.08 Å². The summed E-state index contributed by atoms with van der Waals surface area (Å²) in [6.45, 7) is 6.61. The number of aromatic nitrogens is 2. The highest BCUT2D eigenvalue weighted by molar-refractivity contribution is 6.31. The summed E-state index contributed by atoms with van der Waals surface area (Å²) in [6, 6.07) is 5.29. The van der Waals surface area contributed by atoms with Crippen molar-refractivity contribution in [1.82, 2.24) is 14.7 Å². The number of carbonyl (C=O) groups is 2. The molecule has 0 N–H and O–H groups in total. The lowest BCUT2D eigenvalue weighted by atomic mass is 10.1. The maximum absolute atomic E-state index is 13.0. The molecule has 0 unspecified atom stereocenters. The first-order valence-electron chi connectivity index (χ1n) is 10.2. The number of nitrogens with zero attached hydrogens (tertiary/aromatic N) is 3. The molecule has 0 saturated heterocycles. The molecule has 0 spiro atoms. The molecule has 8 nitrogen and oxygen atoms in total. The summed E-state index contributed by atoms with van der Waals surface area (Å²) in [5, 5.41) is 4.92. The summed E-state index contributed by atoms with van der Waals surface area (Å²) in [5.74, 6) is 0.645. The molecule has 9 heteroatoms. The van der Waals surface area contributed by atoms with E-state index in [-0.39, 0.29) is 19.0 Å². The van der Waals surface area contributed by atoms with Crippen LogP contribution in [-0.4, -0.2) is 54.4 Å². The number of esters is 1. The number of ether oxygens (including phenoxy) is 3. The minimum Gasteiger partial charge on any atom is -0.497 e. The van der Waals surface area contributed by atoms with Gasteiger partial charge < -0.3 is 19.1 Å². The Morgan fingerprint density at radius 2 is 1.78 bits per heavy atom. The molecule has 1 heterocycles. The van der Waals surface area contributed by atoms with Crippen molar-refractivity contribution in [2.45, 2.75) is 33.9 Å². The van der Waals surface area contributed by atoms with Gasteiger partial charge in [-0.25, -0.2) is 0 Å². The number of aryl methyl sites for hydroxylation is 1. The fourth-order valence-corrected chi connectivity index (χ4v) is 3.40. The van der Waals surface area contributed by atoms with Gasteiger partial charge in [-0.15, -0.1) is 0 Å². The van der Waals surface area contributed by atoms with Crippen molar-refractivity contribution in [3.8, 4) is 11.5 Å². The molecule has 2 rings (SSSR count). The van der Waals surface area contributed by atoms with Crippen LogP contribution in [0.2, 0.25) is 5.15 Å². The Hall–Kier alpha value is -3.00. The second-order valence-electron chi connectivity index (χ2n) is 7.69. The molecule has 0 radical (unpaired) electrons. The average Bonchev–Trinajstić information content (AvgIpc) is 3.02. The molecular weight excluding hydrogens is 434 g/mol. The van der Waals surface area contributed by atoms with E-state index in [0.29, 0.717) is 34.7 Å². The fraction of sp³-hybridized carbons (Fsp3) is 0.435. The van der Waals surface area contributed by atoms with E-state index in [9.17, 15) is 9.59 Å². The van der Waals surface area contributed by atoms with Crippen LogP contribution < -0.4 is 9.47 Å². The van der Waals surface area contributed by atoms with Crippen LogP contribution in [-0.2, 0) is 27.4 Å². The highest BCUT2D eigenvalue weighted by Gasteiger charge is 2.18. The third kappa shape index (κ3) is 6.75. The number of benzene rings is 1. The lowest BCUT2D eigenvalue weighted by Gasteiger charge is -2.20. The average molecular weight is 464 g/mol. The Labute approximate surface area is 193 Å². The summed E-state index contributed by atoms with van der Waals surface area (Å²) in [5.41, 5.74) is 2.13. The SMILES string of the molecule is COC(=O)CN(Cc1cc(OC)cc(OC)c1)C(=O)/C=C/c1c(C)nn(CC(C)C)c1Cl. The fourth-order valence-electron chi connectivity index (χ4n) is 3.09. The van der Waals surface area contributed by atoms with Gasteiger partial charge in [0.25, 0.3) is 0 Å². The molecule has 0 saturated carbocycles. The van der Waals surface area contributed by atoms with Gasteiger partial charge in [-0.05, 0) is 36.6 Å². The third-order valence-corrected chi connectivity index (χ3v) is 5.08. The second-order valence-corrected chi connectivity index (χ2v) is 8.05. The lowest BCUT2D eigenvalue weighted by molar-refractivity contribution is -0.145. The Morgan fingerprint density at radius 1 is 1.16 bits per heavy atom. The van der Waals surface area contributed by atoms with E-state index in [4.69, 9.17) is 25.8 Å². The molecule has 1 aromatic heterocycles. The van der Waals surface area contributed by atoms with Gasteiger partial charge >= 0.3 is 5.97 Å². The summed E-state index contributed by atoms with van der Waals surface area (Å²) < 4.78 is 17.1. The van der Waals surface area contributed by atoms with E-state index in [1.54, 1.807) is 43.2 Å². The van der Waals surface area contributed by atoms with Crippen LogP contribution in [0.3, 0.4) is 0 Å². The number of hydrogen-bond acceptors (Lipinski definition) is 6. The van der Waals surface area contributed by atoms with Crippen LogP contribution in [0, 0.1) is 12.8 Å². The van der Waals surface area contributed by atoms with Crippen LogP contribution in [0.15, 0.2) is 24.3 Å². The Kier molecular flexibility index (Phi) is 9.13. The standard InChI is InChI=1S/C23H30ClN3O5/c1-15(2)12-27-23(24)20(16(3)25-27)7-8-21(28)26(14-22(29)32-6)13-17-9-18(30-4)11-19(10-17)31-5/h7-11,15H,12-14H2,1-6H3/b8-7+. The number of carbonyl (C=O) groups excluding carboxylic acids is 2. The van der Waals surface area contributed by atoms with Crippen molar-refractivity contribution in [1.29, 1.82) is 0 Å². The molecule has 0 atom stereocenters. The van der Waals surface area contributed by atoms with Crippen LogP contribution in [0.4, 0.5) is 0 Å². The predicted octanol–water partition coefficient (Wildman–Crippen LogP) is 3.73. The first-order chi connectivity index (χ1) is 15.2. The minimum absolute atomic E-state index is 0.158. The van der Waals surface area contributed by atoms with E-state index in [1.165, 1.54) is 18.1 Å². The first kappa shape index (κ1) is 25.3. The van der Waals surface area contributed by atoms with E-state index in [2.05, 4.69) is 18.9 Å². The smallest absolute Gasteiger partial charge is 0.325 e. The summed E-state index contributed by atoms with van der Waals surface area (Å²) in [4.78, 5) is 26.3. The second kappa shape index (κ2) is 11.6. The summed E-state index contributed by atoms with van der Waals surface area (Å²) >= 11 is 6.46. The van der Waals surface area contributed by atoms with E-state index in [0.717, 1.165) is 11.3 Å². The zero-order valence-corrected chi connectivity index (χ0v) is 20.1. The number of methoxy groups -OCH3 is 3. The van der Waals surface area contributed by atoms with E-state index in [1.807, 2.05) is 6.92 Å². The number of halogens is 1. The van der Waals surface area contributed by atoms with Gasteiger partial charge in [0.1, 0.15) is 23.2 Å². The molecule has 174 valence electrons. The van der Waals surface area contributed by atoms with Crippen LogP contribution in [0.5, 0.6) is 11.5 Å². The molecule has 2 aromatic rings. The Morgan fingerprint density at radius 3 is 2.31 bits per heavy atom. The van der Waals surface area contributed by atoms with E-state index < -0.39 is 5.97 Å². The number of rotatable bonds is 10. The van der Waals surface area contributed by atoms with Gasteiger partial charge in [0, 0.05) is 30.8 Å². The van der Waals surface area contributed by atoms with Crippen molar-refractivity contribution in [2.75, 3.05) is 27.9 Å². The number of hydrogen-bond donors (Lipinski definition) is 0. The quantitative estimate of drug-likeness (QED) is 0.394. The molecule has 0 aliphatic rings. The molecule has 1 amide bonds. The molecule has 0 bridgehead atoms. The largest absolute Gasteiger partial charge is 0.497 e. The topological polar surface area (TPSA) is 82.9 Å². The van der Waals surface area contributed by atoms with Crippen LogP contribution >= 0.6 is 11.6 Å². The predicted molar refractivity (Wildman–Crippen MR) is 123 cm³/mol. The molecule has 32 heavy (non-hydrogen) atoms. The monoisotopic (exact) mass is 463 g/mol. The molecular formula is C23H30ClN3O5. The van der Waals surface area contributed by atoms with Crippen molar-refractivity contribution >= 4 is 29.6 Å². The van der Waals surface area contributed by atoms with Crippen molar-refractivity contribution in [3.05, 3.63) is 46.2 Å². The van der Waals surface area contributed by atoms with Crippen molar-refractivity contribution < 1.29 is 23.8 Å². The van der Waals surface area contributed by atoms with E-state index >= 15 is 0 Å². The van der Waals surface area contributed by atoms with Gasteiger partial charge in [0.2, 0.25) is 5.91 Å². The minimum atomic E-state index is -0.527. The summed E-state index contributed by atoms with van der Waals surface area (Å²) in [6.07, 6.45) is 3.01. The van der Waals surface area contributed by atoms with Crippen LogP contribution in [0.1, 0.15) is 30.7 Å². The Bertz CT molecular complexity index is 962. The van der Waals surface area contributed by atoms with Gasteiger partial charge in [-0.1, -0.05) is 25.4 Å². The maximum atomic E-state index is 13.0. The highest BCUT2D eigenvalue weighted by Crippen LogP contribution is 2.24. The Balaban J connectivity index is 2.29. The number of amides is 1. The summed E-state index contributed by atoms with van der Waals surface area (Å²) in [7, 11) is 4.37. The van der Waals surface area contributed by atoms with Gasteiger partial charge in [-0.2, -0.15) is 5.10 Å². The van der Waals surface area contributed by atoms with Gasteiger partial charge in [-0.3, -0.25) is 14.3 Å².